The molecule has 0 fully saturated rings. The molecule has 0 radical (unpaired) electrons. The first-order valence-electron chi connectivity index (χ1n) is 7.71. The first-order chi connectivity index (χ1) is 11.3. The van der Waals surface area contributed by atoms with E-state index in [1.165, 1.54) is 18.2 Å². The van der Waals surface area contributed by atoms with Crippen LogP contribution in [0.2, 0.25) is 0 Å². The molecule has 0 unspecified atom stereocenters. The van der Waals surface area contributed by atoms with Gasteiger partial charge in [0.25, 0.3) is 5.91 Å². The number of rotatable bonds is 5. The van der Waals surface area contributed by atoms with Crippen LogP contribution in [-0.2, 0) is 9.53 Å². The molecule has 2 heterocycles. The Balaban J connectivity index is 2.24. The highest BCUT2D eigenvalue weighted by Gasteiger charge is 2.22. The van der Waals surface area contributed by atoms with E-state index in [1.54, 1.807) is 16.8 Å². The molecule has 0 aliphatic heterocycles. The number of carbonyl (C=O) groups is 2. The first-order valence-corrected chi connectivity index (χ1v) is 7.71. The molecule has 0 aromatic carbocycles. The van der Waals surface area contributed by atoms with Crippen molar-refractivity contribution in [1.82, 2.24) is 19.7 Å². The van der Waals surface area contributed by atoms with Crippen molar-refractivity contribution in [1.29, 1.82) is 0 Å². The van der Waals surface area contributed by atoms with Gasteiger partial charge in [-0.3, -0.25) is 9.59 Å². The quantitative estimate of drug-likeness (QED) is 0.783. The Hall–Kier alpha value is -2.70. The van der Waals surface area contributed by atoms with Crippen LogP contribution < -0.4 is 0 Å². The van der Waals surface area contributed by atoms with E-state index in [-0.39, 0.29) is 18.5 Å². The van der Waals surface area contributed by atoms with Crippen LogP contribution in [-0.4, -0.2) is 51.2 Å². The maximum Gasteiger partial charge on any atom is 0.325 e. The number of hydrogen-bond donors (Lipinski definition) is 0. The third kappa shape index (κ3) is 3.79. The zero-order valence-electron chi connectivity index (χ0n) is 14.6. The summed E-state index contributed by atoms with van der Waals surface area (Å²) in [7, 11) is 1.30. The van der Waals surface area contributed by atoms with E-state index < -0.39 is 5.97 Å². The van der Waals surface area contributed by atoms with Crippen molar-refractivity contribution in [2.75, 3.05) is 13.7 Å². The number of methoxy groups -OCH3 is 1. The highest BCUT2D eigenvalue weighted by atomic mass is 16.5. The summed E-state index contributed by atoms with van der Waals surface area (Å²) in [5.74, 6) is -0.0756. The molecule has 2 rings (SSSR count). The summed E-state index contributed by atoms with van der Waals surface area (Å²) >= 11 is 0. The number of nitrogens with zero attached hydrogens (tertiary/aromatic N) is 4. The number of aromatic nitrogens is 3. The maximum absolute atomic E-state index is 12.6. The predicted octanol–water partition coefficient (Wildman–Crippen LogP) is 1.91. The molecule has 2 aromatic heterocycles. The second-order valence-electron chi connectivity index (χ2n) is 5.85. The minimum atomic E-state index is -0.454. The molecule has 128 valence electrons. The summed E-state index contributed by atoms with van der Waals surface area (Å²) in [6.07, 6.45) is 1.50. The van der Waals surface area contributed by atoms with Crippen LogP contribution in [0.15, 0.2) is 24.4 Å². The normalized spacial score (nSPS) is 10.8. The van der Waals surface area contributed by atoms with Crippen molar-refractivity contribution < 1.29 is 14.3 Å². The zero-order valence-corrected chi connectivity index (χ0v) is 14.6. The molecule has 0 spiro atoms. The summed E-state index contributed by atoms with van der Waals surface area (Å²) in [6.45, 7) is 7.45. The third-order valence-electron chi connectivity index (χ3n) is 3.63. The van der Waals surface area contributed by atoms with Gasteiger partial charge in [0, 0.05) is 17.9 Å². The first kappa shape index (κ1) is 17.7. The van der Waals surface area contributed by atoms with Gasteiger partial charge in [-0.05, 0) is 45.9 Å². The fraction of sp³-hybridized carbons (Fsp3) is 0.412. The summed E-state index contributed by atoms with van der Waals surface area (Å²) < 4.78 is 6.37. The molecular weight excluding hydrogens is 308 g/mol. The minimum Gasteiger partial charge on any atom is -0.468 e. The minimum absolute atomic E-state index is 0.0911. The van der Waals surface area contributed by atoms with E-state index in [4.69, 9.17) is 0 Å². The second-order valence-corrected chi connectivity index (χ2v) is 5.85. The molecule has 0 saturated heterocycles. The number of esters is 1. The lowest BCUT2D eigenvalue weighted by Crippen LogP contribution is -2.41. The van der Waals surface area contributed by atoms with Crippen LogP contribution in [0.1, 0.15) is 35.6 Å². The molecule has 7 heteroatoms. The van der Waals surface area contributed by atoms with Crippen LogP contribution in [0.3, 0.4) is 0 Å². The number of hydrogen-bond acceptors (Lipinski definition) is 5. The summed E-state index contributed by atoms with van der Waals surface area (Å²) in [4.78, 5) is 29.9. The van der Waals surface area contributed by atoms with Crippen LogP contribution in [0.4, 0.5) is 0 Å². The van der Waals surface area contributed by atoms with Gasteiger partial charge in [0.05, 0.1) is 18.4 Å². The molecule has 0 atom stereocenters. The highest BCUT2D eigenvalue weighted by Crippen LogP contribution is 2.13. The van der Waals surface area contributed by atoms with Gasteiger partial charge in [-0.25, -0.2) is 9.67 Å². The maximum atomic E-state index is 12.6. The van der Waals surface area contributed by atoms with Gasteiger partial charge < -0.3 is 9.64 Å². The number of carbonyl (C=O) groups excluding carboxylic acids is 2. The third-order valence-corrected chi connectivity index (χ3v) is 3.63. The van der Waals surface area contributed by atoms with Crippen LogP contribution >= 0.6 is 0 Å². The molecule has 0 aliphatic rings. The van der Waals surface area contributed by atoms with Crippen molar-refractivity contribution in [2.24, 2.45) is 0 Å². The lowest BCUT2D eigenvalue weighted by Gasteiger charge is -2.25. The van der Waals surface area contributed by atoms with Crippen molar-refractivity contribution in [3.63, 3.8) is 0 Å². The van der Waals surface area contributed by atoms with Gasteiger partial charge >= 0.3 is 5.97 Å². The molecule has 24 heavy (non-hydrogen) atoms. The van der Waals surface area contributed by atoms with Crippen molar-refractivity contribution in [2.45, 2.75) is 33.7 Å². The molecule has 0 aliphatic carbocycles. The fourth-order valence-corrected chi connectivity index (χ4v) is 2.36. The number of ether oxygens (including phenoxy) is 1. The number of aryl methyl sites for hydroxylation is 2. The zero-order chi connectivity index (χ0) is 17.9. The molecule has 0 saturated carbocycles. The summed E-state index contributed by atoms with van der Waals surface area (Å²) in [5.41, 5.74) is 2.28. The van der Waals surface area contributed by atoms with Gasteiger partial charge in [0.15, 0.2) is 5.82 Å². The van der Waals surface area contributed by atoms with E-state index in [1.807, 2.05) is 33.8 Å². The lowest BCUT2D eigenvalue weighted by molar-refractivity contribution is -0.141. The summed E-state index contributed by atoms with van der Waals surface area (Å²) in [5, 5.41) is 4.37. The fourth-order valence-electron chi connectivity index (χ4n) is 2.36. The Morgan fingerprint density at radius 3 is 2.46 bits per heavy atom. The number of amides is 1. The highest BCUT2D eigenvalue weighted by molar-refractivity contribution is 5.96. The molecule has 0 N–H and O–H groups in total. The van der Waals surface area contributed by atoms with E-state index in [9.17, 15) is 9.59 Å². The second kappa shape index (κ2) is 7.25. The average Bonchev–Trinajstić information content (AvgIpc) is 2.90. The monoisotopic (exact) mass is 330 g/mol. The topological polar surface area (TPSA) is 77.3 Å². The van der Waals surface area contributed by atoms with E-state index in [0.29, 0.717) is 11.4 Å². The molecule has 1 amide bonds. The lowest BCUT2D eigenvalue weighted by atomic mass is 10.2. The van der Waals surface area contributed by atoms with E-state index in [2.05, 4.69) is 14.8 Å². The average molecular weight is 330 g/mol. The molecule has 7 nitrogen and oxygen atoms in total. The van der Waals surface area contributed by atoms with Crippen LogP contribution in [0, 0.1) is 13.8 Å². The Morgan fingerprint density at radius 1 is 1.29 bits per heavy atom. The van der Waals surface area contributed by atoms with Gasteiger partial charge in [-0.2, -0.15) is 5.10 Å². The Bertz CT molecular complexity index is 735. The van der Waals surface area contributed by atoms with E-state index >= 15 is 0 Å². The Kier molecular flexibility index (Phi) is 5.33. The summed E-state index contributed by atoms with van der Waals surface area (Å²) in [6, 6.07) is 5.25. The van der Waals surface area contributed by atoms with Gasteiger partial charge in [0.1, 0.15) is 6.54 Å². The van der Waals surface area contributed by atoms with E-state index in [0.717, 1.165) is 11.4 Å². The smallest absolute Gasteiger partial charge is 0.325 e. The predicted molar refractivity (Wildman–Crippen MR) is 89.0 cm³/mol. The molecule has 0 bridgehead atoms. The van der Waals surface area contributed by atoms with Crippen molar-refractivity contribution in [3.8, 4) is 5.82 Å². The van der Waals surface area contributed by atoms with Gasteiger partial charge in [-0.1, -0.05) is 0 Å². The Morgan fingerprint density at radius 2 is 2.00 bits per heavy atom. The SMILES string of the molecule is COC(=O)CN(C(=O)c1ccc(-n2nc(C)cc2C)nc1)C(C)C. The van der Waals surface area contributed by atoms with Gasteiger partial charge in [0.2, 0.25) is 0 Å². The Labute approximate surface area is 141 Å². The number of pyridine rings is 1. The largest absolute Gasteiger partial charge is 0.468 e. The molecule has 2 aromatic rings. The van der Waals surface area contributed by atoms with Crippen LogP contribution in [0.5, 0.6) is 0 Å². The molecular formula is C17H22N4O3. The van der Waals surface area contributed by atoms with Crippen molar-refractivity contribution >= 4 is 11.9 Å². The van der Waals surface area contributed by atoms with Gasteiger partial charge in [-0.15, -0.1) is 0 Å². The van der Waals surface area contributed by atoms with Crippen LogP contribution in [0.25, 0.3) is 5.82 Å². The van der Waals surface area contributed by atoms with Crippen molar-refractivity contribution in [3.05, 3.63) is 41.3 Å². The standard InChI is InChI=1S/C17H22N4O3/c1-11(2)20(10-16(22)24-5)17(23)14-6-7-15(18-9-14)21-13(4)8-12(3)19-21/h6-9,11H,10H2,1-5H3.